The summed E-state index contributed by atoms with van der Waals surface area (Å²) in [5, 5.41) is 14.7. The van der Waals surface area contributed by atoms with Crippen molar-refractivity contribution >= 4 is 11.6 Å². The molecule has 1 aromatic rings. The summed E-state index contributed by atoms with van der Waals surface area (Å²) in [6.45, 7) is 3.58. The molecule has 0 saturated heterocycles. The number of carbonyl (C=O) groups is 1. The van der Waals surface area contributed by atoms with Gasteiger partial charge in [-0.05, 0) is 31.5 Å². The Hall–Kier alpha value is -2.24. The molecule has 6 heteroatoms. The van der Waals surface area contributed by atoms with Crippen LogP contribution >= 0.6 is 0 Å². The maximum atomic E-state index is 11.8. The smallest absolute Gasteiger partial charge is 0.269 e. The average Bonchev–Trinajstić information content (AvgIpc) is 2.46. The minimum Gasteiger partial charge on any atom is -0.493 e. The van der Waals surface area contributed by atoms with Gasteiger partial charge in [0, 0.05) is 12.5 Å². The van der Waals surface area contributed by atoms with Crippen LogP contribution in [0.5, 0.6) is 11.5 Å². The molecule has 1 amide bonds. The van der Waals surface area contributed by atoms with Crippen molar-refractivity contribution in [2.24, 2.45) is 5.16 Å². The molecular weight excluding hydrogens is 260 g/mol. The fourth-order valence-corrected chi connectivity index (χ4v) is 1.93. The predicted octanol–water partition coefficient (Wildman–Crippen LogP) is 1.56. The van der Waals surface area contributed by atoms with Crippen LogP contribution in [0.3, 0.4) is 0 Å². The van der Waals surface area contributed by atoms with Gasteiger partial charge in [-0.2, -0.15) is 0 Å². The number of oxime groups is 1. The maximum Gasteiger partial charge on any atom is 0.269 e. The number of hydrogen-bond acceptors (Lipinski definition) is 5. The van der Waals surface area contributed by atoms with Crippen molar-refractivity contribution in [1.29, 1.82) is 0 Å². The van der Waals surface area contributed by atoms with Gasteiger partial charge in [0.15, 0.2) is 17.2 Å². The summed E-state index contributed by atoms with van der Waals surface area (Å²) in [4.78, 5) is 11.8. The number of rotatable bonds is 5. The fraction of sp³-hybridized carbons (Fsp3) is 0.429. The van der Waals surface area contributed by atoms with E-state index in [9.17, 15) is 4.79 Å². The number of amides is 1. The molecule has 0 fully saturated rings. The standard InChI is InChI=1S/C14H20N2O4/c1-14(2,12(16-18)13(17)15-3)9-6-7-10(19-4)11(8-9)20-5/h6-8,18H,1-5H3,(H,15,17)/b16-12-. The van der Waals surface area contributed by atoms with Gasteiger partial charge in [0.2, 0.25) is 0 Å². The van der Waals surface area contributed by atoms with Crippen LogP contribution < -0.4 is 14.8 Å². The van der Waals surface area contributed by atoms with Crippen LogP contribution in [0, 0.1) is 0 Å². The number of benzene rings is 1. The van der Waals surface area contributed by atoms with Crippen LogP contribution in [0.2, 0.25) is 0 Å². The lowest BCUT2D eigenvalue weighted by molar-refractivity contribution is -0.114. The van der Waals surface area contributed by atoms with Crippen molar-refractivity contribution in [2.75, 3.05) is 21.3 Å². The molecule has 0 aliphatic rings. The molecule has 0 aliphatic carbocycles. The molecule has 0 unspecified atom stereocenters. The molecule has 110 valence electrons. The average molecular weight is 280 g/mol. The van der Waals surface area contributed by atoms with E-state index in [-0.39, 0.29) is 5.71 Å². The van der Waals surface area contributed by atoms with Gasteiger partial charge in [-0.25, -0.2) is 0 Å². The second-order valence-corrected chi connectivity index (χ2v) is 4.72. The van der Waals surface area contributed by atoms with Crippen molar-refractivity contribution < 1.29 is 19.5 Å². The number of ether oxygens (including phenoxy) is 2. The molecule has 0 aromatic heterocycles. The number of methoxy groups -OCH3 is 2. The van der Waals surface area contributed by atoms with E-state index in [1.807, 2.05) is 0 Å². The molecule has 20 heavy (non-hydrogen) atoms. The summed E-state index contributed by atoms with van der Waals surface area (Å²) >= 11 is 0. The summed E-state index contributed by atoms with van der Waals surface area (Å²) in [5.74, 6) is 0.703. The summed E-state index contributed by atoms with van der Waals surface area (Å²) in [6.07, 6.45) is 0. The van der Waals surface area contributed by atoms with Gasteiger partial charge >= 0.3 is 0 Å². The predicted molar refractivity (Wildman–Crippen MR) is 75.9 cm³/mol. The van der Waals surface area contributed by atoms with Crippen LogP contribution in [-0.2, 0) is 10.2 Å². The van der Waals surface area contributed by atoms with Crippen molar-refractivity contribution in [3.63, 3.8) is 0 Å². The zero-order valence-corrected chi connectivity index (χ0v) is 12.4. The van der Waals surface area contributed by atoms with E-state index in [2.05, 4.69) is 10.5 Å². The van der Waals surface area contributed by atoms with E-state index < -0.39 is 11.3 Å². The highest BCUT2D eigenvalue weighted by Gasteiger charge is 2.33. The molecule has 0 heterocycles. The molecular formula is C14H20N2O4. The van der Waals surface area contributed by atoms with E-state index in [0.29, 0.717) is 11.5 Å². The first kappa shape index (κ1) is 15.8. The van der Waals surface area contributed by atoms with Gasteiger partial charge in [0.05, 0.1) is 14.2 Å². The lowest BCUT2D eigenvalue weighted by Crippen LogP contribution is -2.41. The molecule has 0 spiro atoms. The second kappa shape index (κ2) is 6.27. The number of carbonyl (C=O) groups excluding carboxylic acids is 1. The van der Waals surface area contributed by atoms with E-state index in [1.165, 1.54) is 14.2 Å². The fourth-order valence-electron chi connectivity index (χ4n) is 1.93. The largest absolute Gasteiger partial charge is 0.493 e. The Balaban J connectivity index is 3.31. The number of nitrogens with zero attached hydrogens (tertiary/aromatic N) is 1. The molecule has 0 radical (unpaired) electrons. The monoisotopic (exact) mass is 280 g/mol. The zero-order valence-electron chi connectivity index (χ0n) is 12.4. The molecule has 0 bridgehead atoms. The van der Waals surface area contributed by atoms with Crippen LogP contribution in [0.25, 0.3) is 0 Å². The third-order valence-electron chi connectivity index (χ3n) is 3.24. The SMILES string of the molecule is CNC(=O)/C(=N/O)C(C)(C)c1ccc(OC)c(OC)c1. The van der Waals surface area contributed by atoms with E-state index in [0.717, 1.165) is 5.56 Å². The van der Waals surface area contributed by atoms with Crippen molar-refractivity contribution in [1.82, 2.24) is 5.32 Å². The van der Waals surface area contributed by atoms with Gasteiger partial charge in [-0.15, -0.1) is 0 Å². The Labute approximate surface area is 118 Å². The summed E-state index contributed by atoms with van der Waals surface area (Å²) in [7, 11) is 4.57. The van der Waals surface area contributed by atoms with Gasteiger partial charge in [0.25, 0.3) is 5.91 Å². The summed E-state index contributed by atoms with van der Waals surface area (Å²) in [6, 6.07) is 5.30. The van der Waals surface area contributed by atoms with E-state index in [1.54, 1.807) is 39.2 Å². The molecule has 0 saturated carbocycles. The van der Waals surface area contributed by atoms with Gasteiger partial charge in [-0.1, -0.05) is 11.2 Å². The maximum absolute atomic E-state index is 11.8. The van der Waals surface area contributed by atoms with Crippen molar-refractivity contribution in [3.05, 3.63) is 23.8 Å². The minimum absolute atomic E-state index is 0.0206. The highest BCUT2D eigenvalue weighted by molar-refractivity contribution is 6.41. The first-order chi connectivity index (χ1) is 9.42. The van der Waals surface area contributed by atoms with Crippen molar-refractivity contribution in [2.45, 2.75) is 19.3 Å². The third-order valence-corrected chi connectivity index (χ3v) is 3.24. The van der Waals surface area contributed by atoms with Crippen molar-refractivity contribution in [3.8, 4) is 11.5 Å². The second-order valence-electron chi connectivity index (χ2n) is 4.72. The topological polar surface area (TPSA) is 80.2 Å². The molecule has 6 nitrogen and oxygen atoms in total. The van der Waals surface area contributed by atoms with Crippen LogP contribution in [-0.4, -0.2) is 38.1 Å². The number of hydrogen-bond donors (Lipinski definition) is 2. The normalized spacial score (nSPS) is 11.9. The lowest BCUT2D eigenvalue weighted by atomic mass is 9.79. The number of nitrogens with one attached hydrogen (secondary N) is 1. The third kappa shape index (κ3) is 2.84. The molecule has 0 atom stereocenters. The van der Waals surface area contributed by atoms with Gasteiger partial charge < -0.3 is 20.0 Å². The molecule has 0 aliphatic heterocycles. The van der Waals surface area contributed by atoms with E-state index >= 15 is 0 Å². The Morgan fingerprint density at radius 3 is 2.30 bits per heavy atom. The van der Waals surface area contributed by atoms with Gasteiger partial charge in [0.1, 0.15) is 0 Å². The Morgan fingerprint density at radius 2 is 1.85 bits per heavy atom. The summed E-state index contributed by atoms with van der Waals surface area (Å²) < 4.78 is 10.4. The lowest BCUT2D eigenvalue weighted by Gasteiger charge is -2.26. The molecule has 1 aromatic carbocycles. The summed E-state index contributed by atoms with van der Waals surface area (Å²) in [5.41, 5.74) is 0.00719. The van der Waals surface area contributed by atoms with Crippen LogP contribution in [0.15, 0.2) is 23.4 Å². The highest BCUT2D eigenvalue weighted by Crippen LogP contribution is 2.34. The highest BCUT2D eigenvalue weighted by atomic mass is 16.5. The Bertz CT molecular complexity index is 524. The van der Waals surface area contributed by atoms with Crippen LogP contribution in [0.4, 0.5) is 0 Å². The Morgan fingerprint density at radius 1 is 1.25 bits per heavy atom. The quantitative estimate of drug-likeness (QED) is 0.487. The zero-order chi connectivity index (χ0) is 15.3. The minimum atomic E-state index is -0.783. The van der Waals surface area contributed by atoms with Gasteiger partial charge in [-0.3, -0.25) is 4.79 Å². The molecule has 1 rings (SSSR count). The first-order valence-electron chi connectivity index (χ1n) is 6.09. The molecule has 2 N–H and O–H groups in total. The van der Waals surface area contributed by atoms with E-state index in [4.69, 9.17) is 14.7 Å². The first-order valence-corrected chi connectivity index (χ1v) is 6.09. The Kier molecular flexibility index (Phi) is 4.96. The van der Waals surface area contributed by atoms with Crippen LogP contribution in [0.1, 0.15) is 19.4 Å².